The van der Waals surface area contributed by atoms with Gasteiger partial charge in [0.25, 0.3) is 21.8 Å². The van der Waals surface area contributed by atoms with Crippen LogP contribution in [0.5, 0.6) is 5.88 Å². The van der Waals surface area contributed by atoms with Crippen LogP contribution < -0.4 is 9.46 Å². The van der Waals surface area contributed by atoms with Crippen molar-refractivity contribution in [3.8, 4) is 5.88 Å². The van der Waals surface area contributed by atoms with E-state index in [2.05, 4.69) is 18.8 Å². The van der Waals surface area contributed by atoms with Crippen molar-refractivity contribution in [1.82, 2.24) is 14.6 Å². The molecule has 0 aliphatic heterocycles. The molecule has 10 nitrogen and oxygen atoms in total. The minimum absolute atomic E-state index is 0.0409. The topological polar surface area (TPSA) is 132 Å². The molecule has 0 unspecified atom stereocenters. The first kappa shape index (κ1) is 30.1. The van der Waals surface area contributed by atoms with Crippen LogP contribution in [-0.4, -0.2) is 55.5 Å². The second-order valence-corrected chi connectivity index (χ2v) is 11.3. The quantitative estimate of drug-likeness (QED) is 0.356. The van der Waals surface area contributed by atoms with Crippen molar-refractivity contribution in [3.05, 3.63) is 53.7 Å². The molecule has 39 heavy (non-hydrogen) atoms. The SMILES string of the molecule is CCCCN(CCCC)C(=O)c1ccc(S(=O)(=O)NC(=O)c2ccc(OC(=O)OC3CCCCC3)nc2)cc1. The fraction of sp³-hybridized carbons (Fsp3) is 0.500. The molecule has 1 aromatic carbocycles. The van der Waals surface area contributed by atoms with Gasteiger partial charge in [0.2, 0.25) is 5.88 Å². The number of benzene rings is 1. The minimum atomic E-state index is -4.20. The van der Waals surface area contributed by atoms with Crippen LogP contribution in [0.15, 0.2) is 47.5 Å². The van der Waals surface area contributed by atoms with Gasteiger partial charge < -0.3 is 14.4 Å². The summed E-state index contributed by atoms with van der Waals surface area (Å²) in [5.74, 6) is -1.12. The molecule has 1 heterocycles. The Morgan fingerprint density at radius 1 is 0.923 bits per heavy atom. The molecule has 1 saturated carbocycles. The molecule has 0 spiro atoms. The fourth-order valence-electron chi connectivity index (χ4n) is 4.22. The third-order valence-corrected chi connectivity index (χ3v) is 7.84. The molecule has 1 aromatic heterocycles. The molecular weight excluding hydrogens is 522 g/mol. The first-order valence-electron chi connectivity index (χ1n) is 13.5. The van der Waals surface area contributed by atoms with Crippen LogP contribution >= 0.6 is 0 Å². The van der Waals surface area contributed by atoms with Crippen molar-refractivity contribution < 1.29 is 32.3 Å². The van der Waals surface area contributed by atoms with Gasteiger partial charge in [-0.2, -0.15) is 0 Å². The Hall–Kier alpha value is -3.47. The second-order valence-electron chi connectivity index (χ2n) is 9.57. The zero-order valence-electron chi connectivity index (χ0n) is 22.6. The van der Waals surface area contributed by atoms with E-state index in [1.54, 1.807) is 4.90 Å². The van der Waals surface area contributed by atoms with Gasteiger partial charge in [0.05, 0.1) is 10.5 Å². The van der Waals surface area contributed by atoms with E-state index in [9.17, 15) is 22.8 Å². The maximum atomic E-state index is 12.9. The Bertz CT molecular complexity index is 1200. The largest absolute Gasteiger partial charge is 0.515 e. The van der Waals surface area contributed by atoms with Gasteiger partial charge >= 0.3 is 6.16 Å². The number of nitrogens with one attached hydrogen (secondary N) is 1. The number of nitrogens with zero attached hydrogens (tertiary/aromatic N) is 2. The van der Waals surface area contributed by atoms with Gasteiger partial charge in [-0.15, -0.1) is 0 Å². The fourth-order valence-corrected chi connectivity index (χ4v) is 5.19. The van der Waals surface area contributed by atoms with E-state index in [4.69, 9.17) is 9.47 Å². The molecule has 3 rings (SSSR count). The number of hydrogen-bond donors (Lipinski definition) is 1. The van der Waals surface area contributed by atoms with E-state index in [1.165, 1.54) is 36.4 Å². The zero-order valence-corrected chi connectivity index (χ0v) is 23.4. The van der Waals surface area contributed by atoms with Crippen LogP contribution in [0.25, 0.3) is 0 Å². The first-order valence-corrected chi connectivity index (χ1v) is 15.0. The van der Waals surface area contributed by atoms with Crippen molar-refractivity contribution in [1.29, 1.82) is 0 Å². The predicted octanol–water partition coefficient (Wildman–Crippen LogP) is 5.09. The molecule has 0 saturated heterocycles. The summed E-state index contributed by atoms with van der Waals surface area (Å²) >= 11 is 0. The third kappa shape index (κ3) is 9.05. The van der Waals surface area contributed by atoms with Crippen molar-refractivity contribution in [2.75, 3.05) is 13.1 Å². The number of carbonyl (C=O) groups excluding carboxylic acids is 3. The summed E-state index contributed by atoms with van der Waals surface area (Å²) in [4.78, 5) is 43.0. The maximum Gasteiger partial charge on any atom is 0.515 e. The van der Waals surface area contributed by atoms with Crippen LogP contribution in [0.2, 0.25) is 0 Å². The monoisotopic (exact) mass is 559 g/mol. The van der Waals surface area contributed by atoms with Gasteiger partial charge in [0, 0.05) is 30.9 Å². The van der Waals surface area contributed by atoms with Gasteiger partial charge in [0.15, 0.2) is 0 Å². The van der Waals surface area contributed by atoms with Crippen LogP contribution in [0.1, 0.15) is 92.4 Å². The molecule has 212 valence electrons. The van der Waals surface area contributed by atoms with E-state index in [0.29, 0.717) is 18.7 Å². The number of ether oxygens (including phenoxy) is 2. The number of unbranched alkanes of at least 4 members (excludes halogenated alkanes) is 2. The van der Waals surface area contributed by atoms with Gasteiger partial charge in [-0.05, 0) is 68.9 Å². The highest BCUT2D eigenvalue weighted by Gasteiger charge is 2.22. The maximum absolute atomic E-state index is 12.9. The first-order chi connectivity index (χ1) is 18.7. The van der Waals surface area contributed by atoms with Crippen LogP contribution in [0.3, 0.4) is 0 Å². The number of carbonyl (C=O) groups is 3. The van der Waals surface area contributed by atoms with E-state index in [0.717, 1.165) is 64.0 Å². The molecule has 1 aliphatic rings. The van der Waals surface area contributed by atoms with Gasteiger partial charge in [-0.3, -0.25) is 9.59 Å². The molecule has 2 amide bonds. The standard InChI is InChI=1S/C28H37N3O7S/c1-3-5-18-31(19-6-4-2)27(33)21-12-15-24(16-13-21)39(35,36)30-26(32)22-14-17-25(29-20-22)38-28(34)37-23-10-8-7-9-11-23/h12-17,20,23H,3-11,18-19H2,1-2H3,(H,30,32). The molecule has 1 fully saturated rings. The summed E-state index contributed by atoms with van der Waals surface area (Å²) in [5.41, 5.74) is 0.343. The molecule has 0 atom stereocenters. The van der Waals surface area contributed by atoms with E-state index in [1.807, 2.05) is 4.72 Å². The molecule has 11 heteroatoms. The molecule has 1 N–H and O–H groups in total. The Kier molecular flexibility index (Phi) is 11.3. The highest BCUT2D eigenvalue weighted by Crippen LogP contribution is 2.21. The zero-order chi connectivity index (χ0) is 28.3. The lowest BCUT2D eigenvalue weighted by atomic mass is 9.98. The van der Waals surface area contributed by atoms with Gasteiger partial charge in [-0.1, -0.05) is 33.1 Å². The summed E-state index contributed by atoms with van der Waals surface area (Å²) < 4.78 is 37.9. The van der Waals surface area contributed by atoms with E-state index >= 15 is 0 Å². The van der Waals surface area contributed by atoms with Crippen LogP contribution in [0.4, 0.5) is 4.79 Å². The molecule has 2 aromatic rings. The summed E-state index contributed by atoms with van der Waals surface area (Å²) in [6, 6.07) is 8.08. The summed E-state index contributed by atoms with van der Waals surface area (Å²) in [6.45, 7) is 5.41. The van der Waals surface area contributed by atoms with Crippen molar-refractivity contribution >= 4 is 28.0 Å². The Morgan fingerprint density at radius 2 is 1.54 bits per heavy atom. The van der Waals surface area contributed by atoms with Crippen molar-refractivity contribution in [2.45, 2.75) is 82.6 Å². The summed E-state index contributed by atoms with van der Waals surface area (Å²) in [5, 5.41) is 0. The lowest BCUT2D eigenvalue weighted by molar-refractivity contribution is 0.0406. The number of pyridine rings is 1. The number of aromatic nitrogens is 1. The average molecular weight is 560 g/mol. The van der Waals surface area contributed by atoms with Gasteiger partial charge in [0.1, 0.15) is 6.10 Å². The van der Waals surface area contributed by atoms with E-state index in [-0.39, 0.29) is 28.4 Å². The lowest BCUT2D eigenvalue weighted by Crippen LogP contribution is -2.33. The second kappa shape index (κ2) is 14.6. The predicted molar refractivity (Wildman–Crippen MR) is 145 cm³/mol. The summed E-state index contributed by atoms with van der Waals surface area (Å²) in [7, 11) is -4.20. The van der Waals surface area contributed by atoms with E-state index < -0.39 is 22.1 Å². The number of rotatable bonds is 12. The smallest absolute Gasteiger partial charge is 0.431 e. The van der Waals surface area contributed by atoms with Gasteiger partial charge in [-0.25, -0.2) is 22.9 Å². The Labute approximate surface area is 230 Å². The van der Waals surface area contributed by atoms with Crippen molar-refractivity contribution in [2.24, 2.45) is 0 Å². The minimum Gasteiger partial charge on any atom is -0.431 e. The number of amides is 2. The molecule has 1 aliphatic carbocycles. The number of hydrogen-bond acceptors (Lipinski definition) is 8. The van der Waals surface area contributed by atoms with Crippen LogP contribution in [0, 0.1) is 0 Å². The Morgan fingerprint density at radius 3 is 2.10 bits per heavy atom. The highest BCUT2D eigenvalue weighted by atomic mass is 32.2. The summed E-state index contributed by atoms with van der Waals surface area (Å²) in [6.07, 6.45) is 8.50. The Balaban J connectivity index is 1.58. The molecule has 0 radical (unpaired) electrons. The normalized spacial score (nSPS) is 13.9. The molecular formula is C28H37N3O7S. The van der Waals surface area contributed by atoms with Crippen molar-refractivity contribution in [3.63, 3.8) is 0 Å². The molecule has 0 bridgehead atoms. The number of sulfonamides is 1. The lowest BCUT2D eigenvalue weighted by Gasteiger charge is -2.22. The van der Waals surface area contributed by atoms with Crippen LogP contribution in [-0.2, 0) is 14.8 Å². The average Bonchev–Trinajstić information content (AvgIpc) is 2.93. The third-order valence-electron chi connectivity index (χ3n) is 6.49. The highest BCUT2D eigenvalue weighted by molar-refractivity contribution is 7.90.